The van der Waals surface area contributed by atoms with E-state index in [1.54, 1.807) is 0 Å². The van der Waals surface area contributed by atoms with Crippen molar-refractivity contribution in [2.45, 2.75) is 57.5 Å². The Kier molecular flexibility index (Phi) is 13.9. The summed E-state index contributed by atoms with van der Waals surface area (Å²) in [5, 5.41) is 7.09. The number of ketones is 2. The number of rotatable bonds is 20. The van der Waals surface area contributed by atoms with Gasteiger partial charge in [0, 0.05) is 70.1 Å². The Morgan fingerprint density at radius 1 is 0.778 bits per heavy atom. The molecule has 0 aliphatic carbocycles. The molecule has 2 heterocycles. The van der Waals surface area contributed by atoms with E-state index in [-0.39, 0.29) is 39.0 Å². The van der Waals surface area contributed by atoms with Gasteiger partial charge in [0.15, 0.2) is 17.6 Å². The SMILES string of the molecule is CC(=O)NC(C(=O)CCN1C(=O)C=CC1=O)C(=O)NC(CCCCN)C(=O)CC(CNC(=O)CCN1C(=O)C=CC1=O)C(N)=O. The van der Waals surface area contributed by atoms with E-state index in [4.69, 9.17) is 11.5 Å². The summed E-state index contributed by atoms with van der Waals surface area (Å²) < 4.78 is 0. The fraction of sp³-hybridized carbons (Fsp3) is 0.500. The standard InChI is InChI=1S/C28H37N7O10/c1-16(36)32-26(19(37)9-12-34-22(40)5-6-23(34)41)28(45)33-18(4-2-3-11-29)20(38)14-17(27(30)44)15-31-21(39)10-13-35-24(42)7-8-25(35)43/h5-8,17-18,26H,2-4,9-15,29H2,1H3,(H2,30,44)(H,31,39)(H,32,36)(H,33,45). The number of hydrogen-bond donors (Lipinski definition) is 5. The number of nitrogens with zero attached hydrogens (tertiary/aromatic N) is 2. The van der Waals surface area contributed by atoms with Crippen LogP contribution in [-0.4, -0.2) is 107 Å². The Labute approximate surface area is 258 Å². The van der Waals surface area contributed by atoms with E-state index >= 15 is 0 Å². The third-order valence-electron chi connectivity index (χ3n) is 6.92. The van der Waals surface area contributed by atoms with Crippen molar-refractivity contribution >= 4 is 58.8 Å². The molecule has 0 aromatic rings. The number of nitrogens with two attached hydrogens (primary N) is 2. The fourth-order valence-corrected chi connectivity index (χ4v) is 4.42. The summed E-state index contributed by atoms with van der Waals surface area (Å²) in [5.74, 6) is -8.34. The van der Waals surface area contributed by atoms with Gasteiger partial charge >= 0.3 is 0 Å². The number of imide groups is 2. The maximum absolute atomic E-state index is 13.3. The number of Topliss-reactive ketones (excluding diaryl/α,β-unsaturated/α-hetero) is 2. The Bertz CT molecular complexity index is 1270. The molecule has 2 rings (SSSR count). The van der Waals surface area contributed by atoms with Gasteiger partial charge < -0.3 is 27.4 Å². The van der Waals surface area contributed by atoms with E-state index in [1.165, 1.54) is 0 Å². The van der Waals surface area contributed by atoms with Crippen molar-refractivity contribution in [3.05, 3.63) is 24.3 Å². The topological polar surface area (TPSA) is 265 Å². The van der Waals surface area contributed by atoms with Gasteiger partial charge in [-0.2, -0.15) is 0 Å². The second-order valence-corrected chi connectivity index (χ2v) is 10.3. The van der Waals surface area contributed by atoms with Gasteiger partial charge in [-0.15, -0.1) is 0 Å². The van der Waals surface area contributed by atoms with Crippen molar-refractivity contribution in [2.24, 2.45) is 17.4 Å². The number of primary amides is 1. The lowest BCUT2D eigenvalue weighted by molar-refractivity contribution is -0.140. The van der Waals surface area contributed by atoms with Crippen molar-refractivity contribution in [3.8, 4) is 0 Å². The highest BCUT2D eigenvalue weighted by Crippen LogP contribution is 2.12. The Balaban J connectivity index is 2.04. The van der Waals surface area contributed by atoms with Crippen LogP contribution >= 0.6 is 0 Å². The van der Waals surface area contributed by atoms with Gasteiger partial charge in [-0.25, -0.2) is 0 Å². The highest BCUT2D eigenvalue weighted by Gasteiger charge is 2.33. The van der Waals surface area contributed by atoms with E-state index in [9.17, 15) is 47.9 Å². The molecule has 244 valence electrons. The van der Waals surface area contributed by atoms with Crippen LogP contribution in [0.2, 0.25) is 0 Å². The second-order valence-electron chi connectivity index (χ2n) is 10.3. The van der Waals surface area contributed by atoms with Crippen molar-refractivity contribution in [1.29, 1.82) is 0 Å². The van der Waals surface area contributed by atoms with Crippen LogP contribution in [0.1, 0.15) is 45.4 Å². The molecule has 0 aromatic carbocycles. The average molecular weight is 632 g/mol. The molecule has 0 bridgehead atoms. The molecule has 45 heavy (non-hydrogen) atoms. The molecule has 8 amide bonds. The first-order valence-corrected chi connectivity index (χ1v) is 14.2. The first-order chi connectivity index (χ1) is 21.2. The molecule has 0 radical (unpaired) electrons. The van der Waals surface area contributed by atoms with E-state index in [1.807, 2.05) is 0 Å². The lowest BCUT2D eigenvalue weighted by Gasteiger charge is -2.24. The second kappa shape index (κ2) is 17.3. The summed E-state index contributed by atoms with van der Waals surface area (Å²) in [4.78, 5) is 124. The van der Waals surface area contributed by atoms with Crippen LogP contribution in [0.4, 0.5) is 0 Å². The minimum absolute atomic E-state index is 0.0645. The van der Waals surface area contributed by atoms with Gasteiger partial charge in [0.1, 0.15) is 0 Å². The van der Waals surface area contributed by atoms with Gasteiger partial charge in [-0.1, -0.05) is 0 Å². The molecular weight excluding hydrogens is 594 g/mol. The Hall–Kier alpha value is -5.06. The van der Waals surface area contributed by atoms with Crippen LogP contribution in [-0.2, 0) is 47.9 Å². The molecule has 3 unspecified atom stereocenters. The van der Waals surface area contributed by atoms with Crippen molar-refractivity contribution in [3.63, 3.8) is 0 Å². The van der Waals surface area contributed by atoms with E-state index < -0.39 is 89.7 Å². The monoisotopic (exact) mass is 631 g/mol. The van der Waals surface area contributed by atoms with E-state index in [0.29, 0.717) is 12.8 Å². The van der Waals surface area contributed by atoms with Crippen molar-refractivity contribution < 1.29 is 47.9 Å². The zero-order valence-corrected chi connectivity index (χ0v) is 24.7. The van der Waals surface area contributed by atoms with Gasteiger partial charge in [0.05, 0.1) is 12.0 Å². The minimum atomic E-state index is -1.75. The van der Waals surface area contributed by atoms with Gasteiger partial charge in [0.25, 0.3) is 29.5 Å². The lowest BCUT2D eigenvalue weighted by Crippen LogP contribution is -2.55. The maximum Gasteiger partial charge on any atom is 0.253 e. The summed E-state index contributed by atoms with van der Waals surface area (Å²) in [5.41, 5.74) is 11.0. The molecule has 3 atom stereocenters. The molecular formula is C28H37N7O10. The molecule has 0 aromatic heterocycles. The zero-order valence-electron chi connectivity index (χ0n) is 24.7. The predicted octanol–water partition coefficient (Wildman–Crippen LogP) is -3.52. The number of carbonyl (C=O) groups excluding carboxylic acids is 10. The van der Waals surface area contributed by atoms with Gasteiger partial charge in [0.2, 0.25) is 17.7 Å². The zero-order chi connectivity index (χ0) is 33.7. The first kappa shape index (κ1) is 36.1. The van der Waals surface area contributed by atoms with Crippen LogP contribution < -0.4 is 27.4 Å². The van der Waals surface area contributed by atoms with E-state index in [2.05, 4.69) is 16.0 Å². The number of carbonyl (C=O) groups is 10. The summed E-state index contributed by atoms with van der Waals surface area (Å²) in [6.45, 7) is 0.476. The van der Waals surface area contributed by atoms with Gasteiger partial charge in [-0.3, -0.25) is 57.7 Å². The summed E-state index contributed by atoms with van der Waals surface area (Å²) in [6, 6.07) is -2.97. The summed E-state index contributed by atoms with van der Waals surface area (Å²) >= 11 is 0. The van der Waals surface area contributed by atoms with Crippen LogP contribution in [0, 0.1) is 5.92 Å². The Morgan fingerprint density at radius 3 is 1.80 bits per heavy atom. The third-order valence-corrected chi connectivity index (χ3v) is 6.92. The molecule has 2 aliphatic heterocycles. The van der Waals surface area contributed by atoms with E-state index in [0.717, 1.165) is 41.0 Å². The van der Waals surface area contributed by atoms with Crippen LogP contribution in [0.3, 0.4) is 0 Å². The minimum Gasteiger partial charge on any atom is -0.369 e. The molecule has 0 spiro atoms. The van der Waals surface area contributed by atoms with Crippen LogP contribution in [0.25, 0.3) is 0 Å². The molecule has 0 fully saturated rings. The third kappa shape index (κ3) is 11.2. The first-order valence-electron chi connectivity index (χ1n) is 14.2. The molecule has 7 N–H and O–H groups in total. The van der Waals surface area contributed by atoms with Crippen LogP contribution in [0.15, 0.2) is 24.3 Å². The molecule has 2 aliphatic rings. The quantitative estimate of drug-likeness (QED) is 0.0499. The normalized spacial score (nSPS) is 16.0. The summed E-state index contributed by atoms with van der Waals surface area (Å²) in [6.07, 6.45) is 3.91. The highest BCUT2D eigenvalue weighted by atomic mass is 16.2. The average Bonchev–Trinajstić information content (AvgIpc) is 3.48. The number of unbranched alkanes of at least 4 members (excludes halogenated alkanes) is 1. The molecule has 0 saturated heterocycles. The number of hydrogen-bond acceptors (Lipinski definition) is 11. The highest BCUT2D eigenvalue weighted by molar-refractivity contribution is 6.14. The molecule has 17 heteroatoms. The van der Waals surface area contributed by atoms with Crippen molar-refractivity contribution in [2.75, 3.05) is 26.2 Å². The van der Waals surface area contributed by atoms with Crippen molar-refractivity contribution in [1.82, 2.24) is 25.8 Å². The Morgan fingerprint density at radius 2 is 1.31 bits per heavy atom. The van der Waals surface area contributed by atoms with Crippen LogP contribution in [0.5, 0.6) is 0 Å². The summed E-state index contributed by atoms with van der Waals surface area (Å²) in [7, 11) is 0. The number of nitrogens with one attached hydrogen (secondary N) is 3. The fourth-order valence-electron chi connectivity index (χ4n) is 4.42. The lowest BCUT2D eigenvalue weighted by atomic mass is 9.94. The largest absolute Gasteiger partial charge is 0.369 e. The predicted molar refractivity (Wildman–Crippen MR) is 154 cm³/mol. The number of amides is 8. The maximum atomic E-state index is 13.3. The van der Waals surface area contributed by atoms with Gasteiger partial charge in [-0.05, 0) is 25.8 Å². The molecule has 17 nitrogen and oxygen atoms in total. The molecule has 0 saturated carbocycles. The smallest absolute Gasteiger partial charge is 0.253 e.